The van der Waals surface area contributed by atoms with Crippen molar-refractivity contribution in [2.24, 2.45) is 5.92 Å². The number of pyridine rings is 1. The fourth-order valence-corrected chi connectivity index (χ4v) is 2.45. The number of aromatic nitrogens is 1. The van der Waals surface area contributed by atoms with E-state index in [1.165, 1.54) is 0 Å². The zero-order chi connectivity index (χ0) is 13.0. The number of piperidine rings is 1. The predicted molar refractivity (Wildman–Crippen MR) is 86.0 cm³/mol. The molecule has 0 spiro atoms. The second-order valence-corrected chi connectivity index (χ2v) is 4.96. The third-order valence-electron chi connectivity index (χ3n) is 3.50. The van der Waals surface area contributed by atoms with Gasteiger partial charge in [0, 0.05) is 18.8 Å². The fourth-order valence-electron chi connectivity index (χ4n) is 2.45. The summed E-state index contributed by atoms with van der Waals surface area (Å²) in [6, 6.07) is 5.61. The third kappa shape index (κ3) is 4.93. The molecular weight excluding hydrogens is 297 g/mol. The molecule has 2 heterocycles. The number of rotatable bonds is 3. The summed E-state index contributed by atoms with van der Waals surface area (Å²) in [5.41, 5.74) is 1.47. The van der Waals surface area contributed by atoms with Crippen LogP contribution in [0.5, 0.6) is 0 Å². The molecule has 0 radical (unpaired) electrons. The van der Waals surface area contributed by atoms with E-state index in [1.807, 2.05) is 31.0 Å². The molecule has 0 unspecified atom stereocenters. The maximum Gasteiger partial charge on any atom is 0.272 e. The van der Waals surface area contributed by atoms with Crippen LogP contribution in [0.3, 0.4) is 0 Å². The lowest BCUT2D eigenvalue weighted by atomic mass is 9.96. The summed E-state index contributed by atoms with van der Waals surface area (Å²) in [7, 11) is 1.98. The molecule has 1 aliphatic rings. The van der Waals surface area contributed by atoms with Gasteiger partial charge in [-0.25, -0.2) is 4.98 Å². The molecule has 1 aromatic rings. The van der Waals surface area contributed by atoms with Crippen molar-refractivity contribution in [1.82, 2.24) is 15.2 Å². The highest BCUT2D eigenvalue weighted by atomic mass is 35.5. The van der Waals surface area contributed by atoms with Crippen LogP contribution in [0.15, 0.2) is 18.2 Å². The molecular formula is C14H23Cl2N3O. The van der Waals surface area contributed by atoms with Crippen molar-refractivity contribution in [1.29, 1.82) is 0 Å². The summed E-state index contributed by atoms with van der Waals surface area (Å²) in [4.78, 5) is 18.5. The van der Waals surface area contributed by atoms with Crippen LogP contribution in [0.4, 0.5) is 0 Å². The molecule has 0 aliphatic carbocycles. The van der Waals surface area contributed by atoms with Crippen LogP contribution < -0.4 is 5.32 Å². The van der Waals surface area contributed by atoms with Crippen molar-refractivity contribution in [2.75, 3.05) is 26.7 Å². The van der Waals surface area contributed by atoms with Gasteiger partial charge in [0.15, 0.2) is 0 Å². The second-order valence-electron chi connectivity index (χ2n) is 4.96. The van der Waals surface area contributed by atoms with Crippen molar-refractivity contribution in [3.63, 3.8) is 0 Å². The average Bonchev–Trinajstić information content (AvgIpc) is 2.39. The van der Waals surface area contributed by atoms with Crippen molar-refractivity contribution in [3.05, 3.63) is 29.6 Å². The summed E-state index contributed by atoms with van der Waals surface area (Å²) in [5.74, 6) is 0.770. The lowest BCUT2D eigenvalue weighted by molar-refractivity contribution is 0.0684. The molecule has 1 saturated heterocycles. The van der Waals surface area contributed by atoms with E-state index in [0.717, 1.165) is 38.2 Å². The maximum atomic E-state index is 12.3. The van der Waals surface area contributed by atoms with E-state index < -0.39 is 0 Å². The molecule has 0 aromatic carbocycles. The van der Waals surface area contributed by atoms with Gasteiger partial charge in [0.2, 0.25) is 0 Å². The zero-order valence-electron chi connectivity index (χ0n) is 12.0. The molecule has 1 amide bonds. The van der Waals surface area contributed by atoms with Gasteiger partial charge in [0.05, 0.1) is 0 Å². The molecule has 1 N–H and O–H groups in total. The van der Waals surface area contributed by atoms with Crippen LogP contribution in [0.25, 0.3) is 0 Å². The van der Waals surface area contributed by atoms with Gasteiger partial charge in [-0.05, 0) is 51.4 Å². The Morgan fingerprint density at radius 1 is 1.35 bits per heavy atom. The van der Waals surface area contributed by atoms with Crippen molar-refractivity contribution in [2.45, 2.75) is 19.8 Å². The number of nitrogens with one attached hydrogen (secondary N) is 1. The monoisotopic (exact) mass is 319 g/mol. The zero-order valence-corrected chi connectivity index (χ0v) is 13.6. The molecule has 20 heavy (non-hydrogen) atoms. The van der Waals surface area contributed by atoms with Gasteiger partial charge in [-0.1, -0.05) is 6.07 Å². The quantitative estimate of drug-likeness (QED) is 0.929. The molecule has 0 bridgehead atoms. The first-order valence-electron chi connectivity index (χ1n) is 6.58. The molecule has 2 rings (SSSR count). The highest BCUT2D eigenvalue weighted by Crippen LogP contribution is 2.17. The first-order valence-corrected chi connectivity index (χ1v) is 6.58. The average molecular weight is 320 g/mol. The van der Waals surface area contributed by atoms with E-state index in [-0.39, 0.29) is 30.7 Å². The Labute approximate surface area is 133 Å². The van der Waals surface area contributed by atoms with Crippen LogP contribution in [0.2, 0.25) is 0 Å². The van der Waals surface area contributed by atoms with Crippen molar-refractivity contribution in [3.8, 4) is 0 Å². The SMILES string of the molecule is CNCC1CCN(C(=O)c2cccc(C)n2)CC1.Cl.Cl. The number of likely N-dealkylation sites (tertiary alicyclic amines) is 1. The number of hydrogen-bond donors (Lipinski definition) is 1. The fraction of sp³-hybridized carbons (Fsp3) is 0.571. The van der Waals surface area contributed by atoms with Crippen LogP contribution in [-0.4, -0.2) is 42.5 Å². The number of aryl methyl sites for hydroxylation is 1. The van der Waals surface area contributed by atoms with Crippen LogP contribution >= 0.6 is 24.8 Å². The standard InChI is InChI=1S/C14H21N3O.2ClH/c1-11-4-3-5-13(16-11)14(18)17-8-6-12(7-9-17)10-15-2;;/h3-5,12,15H,6-10H2,1-2H3;2*1H. The Kier molecular flexibility index (Phi) is 8.78. The van der Waals surface area contributed by atoms with E-state index in [0.29, 0.717) is 11.6 Å². The summed E-state index contributed by atoms with van der Waals surface area (Å²) in [6.45, 7) is 4.66. The number of halogens is 2. The number of amides is 1. The number of carbonyl (C=O) groups is 1. The number of nitrogens with zero attached hydrogens (tertiary/aromatic N) is 2. The minimum absolute atomic E-state index is 0. The first kappa shape index (κ1) is 19.2. The Hall–Kier alpha value is -0.840. The Morgan fingerprint density at radius 3 is 2.55 bits per heavy atom. The summed E-state index contributed by atoms with van der Waals surface area (Å²) in [6.07, 6.45) is 2.16. The minimum atomic E-state index is 0. The smallest absolute Gasteiger partial charge is 0.272 e. The van der Waals surface area contributed by atoms with E-state index >= 15 is 0 Å². The third-order valence-corrected chi connectivity index (χ3v) is 3.50. The molecule has 1 fully saturated rings. The Bertz CT molecular complexity index is 421. The normalized spacial score (nSPS) is 15.2. The first-order chi connectivity index (χ1) is 8.70. The molecule has 1 aromatic heterocycles. The van der Waals surface area contributed by atoms with Gasteiger partial charge in [-0.15, -0.1) is 24.8 Å². The summed E-state index contributed by atoms with van der Waals surface area (Å²) >= 11 is 0. The Morgan fingerprint density at radius 2 is 2.00 bits per heavy atom. The van der Waals surface area contributed by atoms with Crippen molar-refractivity contribution >= 4 is 30.7 Å². The van der Waals surface area contributed by atoms with E-state index in [1.54, 1.807) is 6.07 Å². The topological polar surface area (TPSA) is 45.2 Å². The molecule has 1 aliphatic heterocycles. The second kappa shape index (κ2) is 9.16. The lowest BCUT2D eigenvalue weighted by Gasteiger charge is -2.31. The molecule has 4 nitrogen and oxygen atoms in total. The van der Waals surface area contributed by atoms with E-state index in [2.05, 4.69) is 10.3 Å². The maximum absolute atomic E-state index is 12.3. The number of carbonyl (C=O) groups excluding carboxylic acids is 1. The largest absolute Gasteiger partial charge is 0.337 e. The van der Waals surface area contributed by atoms with Crippen molar-refractivity contribution < 1.29 is 4.79 Å². The van der Waals surface area contributed by atoms with E-state index in [9.17, 15) is 4.79 Å². The molecule has 0 atom stereocenters. The van der Waals surface area contributed by atoms with Gasteiger partial charge in [-0.3, -0.25) is 4.79 Å². The lowest BCUT2D eigenvalue weighted by Crippen LogP contribution is -2.40. The predicted octanol–water partition coefficient (Wildman–Crippen LogP) is 2.31. The van der Waals surface area contributed by atoms with Gasteiger partial charge >= 0.3 is 0 Å². The van der Waals surface area contributed by atoms with Crippen LogP contribution in [0.1, 0.15) is 29.0 Å². The van der Waals surface area contributed by atoms with Gasteiger partial charge < -0.3 is 10.2 Å². The highest BCUT2D eigenvalue weighted by molar-refractivity contribution is 5.92. The van der Waals surface area contributed by atoms with Gasteiger partial charge in [-0.2, -0.15) is 0 Å². The van der Waals surface area contributed by atoms with Crippen LogP contribution in [-0.2, 0) is 0 Å². The van der Waals surface area contributed by atoms with Gasteiger partial charge in [0.25, 0.3) is 5.91 Å². The molecule has 0 saturated carbocycles. The molecule has 6 heteroatoms. The Balaban J connectivity index is 0.00000180. The summed E-state index contributed by atoms with van der Waals surface area (Å²) in [5, 5.41) is 3.20. The number of hydrogen-bond acceptors (Lipinski definition) is 3. The minimum Gasteiger partial charge on any atom is -0.337 e. The van der Waals surface area contributed by atoms with Gasteiger partial charge in [0.1, 0.15) is 5.69 Å². The highest BCUT2D eigenvalue weighted by Gasteiger charge is 2.23. The summed E-state index contributed by atoms with van der Waals surface area (Å²) < 4.78 is 0. The van der Waals surface area contributed by atoms with E-state index in [4.69, 9.17) is 0 Å². The van der Waals surface area contributed by atoms with Crippen LogP contribution in [0, 0.1) is 12.8 Å². The molecule has 114 valence electrons.